The number of thiazole rings is 1. The summed E-state index contributed by atoms with van der Waals surface area (Å²) in [6, 6.07) is 14.1. The Balaban J connectivity index is 0.00000320. The highest BCUT2D eigenvalue weighted by Gasteiger charge is 2.21. The molecule has 0 radical (unpaired) electrons. The SMILES string of the molecule is CCc1ccc2nc(N(CCCN(C)C)C(=O)c3ccc(N(C)C)cc3)sc2c1.Cl. The van der Waals surface area contributed by atoms with E-state index >= 15 is 0 Å². The van der Waals surface area contributed by atoms with Gasteiger partial charge in [-0.15, -0.1) is 12.4 Å². The maximum atomic E-state index is 13.4. The number of rotatable bonds is 8. The Morgan fingerprint density at radius 1 is 1.00 bits per heavy atom. The van der Waals surface area contributed by atoms with Gasteiger partial charge in [0.1, 0.15) is 0 Å². The molecular formula is C23H31ClN4OS. The lowest BCUT2D eigenvalue weighted by Gasteiger charge is -2.21. The number of fused-ring (bicyclic) bond motifs is 1. The van der Waals surface area contributed by atoms with Gasteiger partial charge in [0, 0.05) is 31.9 Å². The fourth-order valence-electron chi connectivity index (χ4n) is 3.18. The molecule has 5 nitrogen and oxygen atoms in total. The van der Waals surface area contributed by atoms with Crippen LogP contribution in [0, 0.1) is 0 Å². The maximum absolute atomic E-state index is 13.4. The molecule has 0 saturated carbocycles. The zero-order valence-corrected chi connectivity index (χ0v) is 20.0. The Bertz CT molecular complexity index is 969. The van der Waals surface area contributed by atoms with Crippen LogP contribution in [0.5, 0.6) is 0 Å². The monoisotopic (exact) mass is 446 g/mol. The van der Waals surface area contributed by atoms with Crippen molar-refractivity contribution in [3.63, 3.8) is 0 Å². The van der Waals surface area contributed by atoms with Crippen molar-refractivity contribution in [2.75, 3.05) is 51.1 Å². The van der Waals surface area contributed by atoms with E-state index in [9.17, 15) is 4.79 Å². The van der Waals surface area contributed by atoms with Crippen molar-refractivity contribution in [3.8, 4) is 0 Å². The molecule has 1 aromatic heterocycles. The predicted molar refractivity (Wildman–Crippen MR) is 132 cm³/mol. The molecule has 0 fully saturated rings. The molecule has 0 unspecified atom stereocenters. The fraction of sp³-hybridized carbons (Fsp3) is 0.391. The van der Waals surface area contributed by atoms with Gasteiger partial charge in [-0.2, -0.15) is 0 Å². The van der Waals surface area contributed by atoms with Crippen LogP contribution in [0.15, 0.2) is 42.5 Å². The van der Waals surface area contributed by atoms with Crippen LogP contribution in [-0.2, 0) is 6.42 Å². The standard InChI is InChI=1S/C23H30N4OS.ClH/c1-6-17-8-13-20-21(16-17)29-23(24-20)27(15-7-14-25(2)3)22(28)18-9-11-19(12-10-18)26(4)5;/h8-13,16H,6-7,14-15H2,1-5H3;1H. The first kappa shape index (κ1) is 24.1. The van der Waals surface area contributed by atoms with Crippen LogP contribution in [0.25, 0.3) is 10.2 Å². The molecular weight excluding hydrogens is 416 g/mol. The molecule has 3 aromatic rings. The molecule has 1 heterocycles. The zero-order valence-electron chi connectivity index (χ0n) is 18.4. The highest BCUT2D eigenvalue weighted by Crippen LogP contribution is 2.31. The van der Waals surface area contributed by atoms with E-state index in [1.807, 2.05) is 48.2 Å². The second-order valence-corrected chi connectivity index (χ2v) is 8.72. The van der Waals surface area contributed by atoms with Gasteiger partial charge < -0.3 is 9.80 Å². The minimum Gasteiger partial charge on any atom is -0.378 e. The summed E-state index contributed by atoms with van der Waals surface area (Å²) in [5, 5.41) is 0.772. The molecule has 0 aliphatic heterocycles. The molecule has 7 heteroatoms. The minimum absolute atomic E-state index is 0. The van der Waals surface area contributed by atoms with Gasteiger partial charge in [0.05, 0.1) is 10.2 Å². The number of anilines is 2. The smallest absolute Gasteiger partial charge is 0.260 e. The number of carbonyl (C=O) groups excluding carboxylic acids is 1. The van der Waals surface area contributed by atoms with E-state index < -0.39 is 0 Å². The van der Waals surface area contributed by atoms with Gasteiger partial charge in [-0.1, -0.05) is 24.3 Å². The van der Waals surface area contributed by atoms with Crippen LogP contribution in [0.1, 0.15) is 29.3 Å². The summed E-state index contributed by atoms with van der Waals surface area (Å²) in [5.74, 6) is 0.00355. The van der Waals surface area contributed by atoms with Crippen LogP contribution >= 0.6 is 23.7 Å². The van der Waals surface area contributed by atoms with Crippen LogP contribution in [-0.4, -0.2) is 57.1 Å². The number of carbonyl (C=O) groups is 1. The summed E-state index contributed by atoms with van der Waals surface area (Å²) < 4.78 is 1.13. The summed E-state index contributed by atoms with van der Waals surface area (Å²) in [6.45, 7) is 3.72. The van der Waals surface area contributed by atoms with Crippen LogP contribution < -0.4 is 9.80 Å². The summed E-state index contributed by atoms with van der Waals surface area (Å²) in [5.41, 5.74) is 4.01. The normalized spacial score (nSPS) is 10.9. The zero-order chi connectivity index (χ0) is 21.0. The lowest BCUT2D eigenvalue weighted by molar-refractivity contribution is 0.0986. The van der Waals surface area contributed by atoms with Gasteiger partial charge >= 0.3 is 0 Å². The lowest BCUT2D eigenvalue weighted by atomic mass is 10.1. The second kappa shape index (κ2) is 10.8. The van der Waals surface area contributed by atoms with Crippen molar-refractivity contribution in [1.29, 1.82) is 0 Å². The molecule has 0 aliphatic rings. The Morgan fingerprint density at radius 3 is 2.30 bits per heavy atom. The number of nitrogens with zero attached hydrogens (tertiary/aromatic N) is 4. The summed E-state index contributed by atoms with van der Waals surface area (Å²) >= 11 is 1.60. The molecule has 30 heavy (non-hydrogen) atoms. The predicted octanol–water partition coefficient (Wildman–Crippen LogP) is 4.95. The van der Waals surface area contributed by atoms with Crippen molar-refractivity contribution >= 4 is 50.7 Å². The average molecular weight is 447 g/mol. The molecule has 162 valence electrons. The summed E-state index contributed by atoms with van der Waals surface area (Å²) in [7, 11) is 8.10. The van der Waals surface area contributed by atoms with Crippen molar-refractivity contribution in [2.45, 2.75) is 19.8 Å². The molecule has 2 aromatic carbocycles. The Labute approximate surface area is 189 Å². The summed E-state index contributed by atoms with van der Waals surface area (Å²) in [4.78, 5) is 24.2. The molecule has 0 spiro atoms. The van der Waals surface area contributed by atoms with Crippen LogP contribution in [0.3, 0.4) is 0 Å². The van der Waals surface area contributed by atoms with E-state index in [1.54, 1.807) is 11.3 Å². The number of benzene rings is 2. The number of aryl methyl sites for hydroxylation is 1. The second-order valence-electron chi connectivity index (χ2n) is 7.71. The van der Waals surface area contributed by atoms with E-state index in [1.165, 1.54) is 5.56 Å². The van der Waals surface area contributed by atoms with Gasteiger partial charge in [-0.3, -0.25) is 9.69 Å². The molecule has 0 bridgehead atoms. The third-order valence-electron chi connectivity index (χ3n) is 4.94. The first-order chi connectivity index (χ1) is 13.9. The van der Waals surface area contributed by atoms with Gasteiger partial charge in [0.2, 0.25) is 0 Å². The van der Waals surface area contributed by atoms with Crippen molar-refractivity contribution in [1.82, 2.24) is 9.88 Å². The van der Waals surface area contributed by atoms with Gasteiger partial charge in [0.15, 0.2) is 5.13 Å². The van der Waals surface area contributed by atoms with Gasteiger partial charge in [-0.05, 0) is 75.4 Å². The lowest BCUT2D eigenvalue weighted by Crippen LogP contribution is -2.33. The first-order valence-electron chi connectivity index (χ1n) is 10.0. The van der Waals surface area contributed by atoms with E-state index in [2.05, 4.69) is 44.1 Å². The Kier molecular flexibility index (Phi) is 8.65. The minimum atomic E-state index is 0. The highest BCUT2D eigenvalue weighted by atomic mass is 35.5. The maximum Gasteiger partial charge on any atom is 0.260 e. The van der Waals surface area contributed by atoms with Crippen LogP contribution in [0.2, 0.25) is 0 Å². The largest absolute Gasteiger partial charge is 0.378 e. The quantitative estimate of drug-likeness (QED) is 0.491. The van der Waals surface area contributed by atoms with E-state index in [0.29, 0.717) is 12.1 Å². The Hall–Kier alpha value is -2.15. The van der Waals surface area contributed by atoms with E-state index in [4.69, 9.17) is 4.98 Å². The number of hydrogen-bond acceptors (Lipinski definition) is 5. The third-order valence-corrected chi connectivity index (χ3v) is 5.98. The highest BCUT2D eigenvalue weighted by molar-refractivity contribution is 7.22. The number of aromatic nitrogens is 1. The number of hydrogen-bond donors (Lipinski definition) is 0. The van der Waals surface area contributed by atoms with Crippen molar-refractivity contribution in [2.24, 2.45) is 0 Å². The average Bonchev–Trinajstić information content (AvgIpc) is 3.13. The molecule has 0 atom stereocenters. The molecule has 0 aliphatic carbocycles. The molecule has 0 N–H and O–H groups in total. The molecule has 1 amide bonds. The third kappa shape index (κ3) is 5.72. The van der Waals surface area contributed by atoms with E-state index in [0.717, 1.165) is 40.4 Å². The number of amides is 1. The summed E-state index contributed by atoms with van der Waals surface area (Å²) in [6.07, 6.45) is 1.89. The fourth-order valence-corrected chi connectivity index (χ4v) is 4.23. The van der Waals surface area contributed by atoms with Crippen molar-refractivity contribution in [3.05, 3.63) is 53.6 Å². The van der Waals surface area contributed by atoms with Gasteiger partial charge in [0.25, 0.3) is 5.91 Å². The number of halogens is 1. The van der Waals surface area contributed by atoms with E-state index in [-0.39, 0.29) is 18.3 Å². The topological polar surface area (TPSA) is 39.7 Å². The molecule has 3 rings (SSSR count). The Morgan fingerprint density at radius 2 is 1.70 bits per heavy atom. The van der Waals surface area contributed by atoms with Crippen molar-refractivity contribution < 1.29 is 4.79 Å². The molecule has 0 saturated heterocycles. The van der Waals surface area contributed by atoms with Gasteiger partial charge in [-0.25, -0.2) is 4.98 Å². The van der Waals surface area contributed by atoms with Crippen LogP contribution in [0.4, 0.5) is 10.8 Å². The first-order valence-corrected chi connectivity index (χ1v) is 10.8.